The Morgan fingerprint density at radius 2 is 1.95 bits per heavy atom. The lowest BCUT2D eigenvalue weighted by atomic mass is 9.79. The minimum absolute atomic E-state index is 0.141. The summed E-state index contributed by atoms with van der Waals surface area (Å²) in [4.78, 5) is 11.4. The molecule has 3 unspecified atom stereocenters. The molecule has 1 aromatic rings. The number of non-ortho nitro benzene ring substituents is 1. The van der Waals surface area contributed by atoms with Gasteiger partial charge in [-0.3, -0.25) is 10.1 Å². The van der Waals surface area contributed by atoms with Crippen LogP contribution in [0.4, 0.5) is 5.69 Å². The molecule has 0 aliphatic heterocycles. The predicted molar refractivity (Wildman–Crippen MR) is 82.9 cm³/mol. The van der Waals surface area contributed by atoms with Gasteiger partial charge in [0.15, 0.2) is 0 Å². The van der Waals surface area contributed by atoms with Crippen molar-refractivity contribution in [2.24, 2.45) is 17.6 Å². The van der Waals surface area contributed by atoms with Crippen molar-refractivity contribution in [3.8, 4) is 0 Å². The highest BCUT2D eigenvalue weighted by Gasteiger charge is 2.30. The van der Waals surface area contributed by atoms with Crippen molar-refractivity contribution in [2.75, 3.05) is 0 Å². The summed E-state index contributed by atoms with van der Waals surface area (Å²) in [6, 6.07) is 7.01. The Kier molecular flexibility index (Phi) is 5.05. The molecule has 1 aliphatic rings. The highest BCUT2D eigenvalue weighted by atomic mass is 32.2. The Balaban J connectivity index is 2.02. The molecule has 3 atom stereocenters. The van der Waals surface area contributed by atoms with Gasteiger partial charge in [0, 0.05) is 28.3 Å². The van der Waals surface area contributed by atoms with Gasteiger partial charge in [-0.2, -0.15) is 0 Å². The Morgan fingerprint density at radius 3 is 2.50 bits per heavy atom. The maximum Gasteiger partial charge on any atom is 0.269 e. The molecule has 5 heteroatoms. The molecule has 1 fully saturated rings. The molecule has 2 N–H and O–H groups in total. The minimum atomic E-state index is -0.365. The number of hydrogen-bond acceptors (Lipinski definition) is 4. The molecular formula is C15H22N2O2S. The molecule has 0 amide bonds. The summed E-state index contributed by atoms with van der Waals surface area (Å²) >= 11 is 1.77. The highest BCUT2D eigenvalue weighted by Crippen LogP contribution is 2.38. The average Bonchev–Trinajstić information content (AvgIpc) is 2.41. The van der Waals surface area contributed by atoms with Gasteiger partial charge in [0.2, 0.25) is 0 Å². The quantitative estimate of drug-likeness (QED) is 0.676. The van der Waals surface area contributed by atoms with Gasteiger partial charge in [-0.15, -0.1) is 11.8 Å². The Morgan fingerprint density at radius 1 is 1.30 bits per heavy atom. The van der Waals surface area contributed by atoms with E-state index in [-0.39, 0.29) is 16.7 Å². The summed E-state index contributed by atoms with van der Waals surface area (Å²) in [7, 11) is 0. The molecule has 0 aromatic heterocycles. The van der Waals surface area contributed by atoms with Gasteiger partial charge >= 0.3 is 0 Å². The molecule has 0 heterocycles. The van der Waals surface area contributed by atoms with Gasteiger partial charge in [-0.1, -0.05) is 13.8 Å². The molecule has 4 nitrogen and oxygen atoms in total. The maximum absolute atomic E-state index is 10.7. The number of hydrogen-bond donors (Lipinski definition) is 1. The molecule has 1 aromatic carbocycles. The second-order valence-corrected chi connectivity index (χ2v) is 7.20. The van der Waals surface area contributed by atoms with Crippen LogP contribution in [0.25, 0.3) is 0 Å². The SMILES string of the molecule is CC(C)C1CCC(N)C(Sc2ccc([N+](=O)[O-])cc2)C1. The van der Waals surface area contributed by atoms with Crippen molar-refractivity contribution < 1.29 is 4.92 Å². The van der Waals surface area contributed by atoms with E-state index in [4.69, 9.17) is 5.73 Å². The third-order valence-electron chi connectivity index (χ3n) is 4.16. The van der Waals surface area contributed by atoms with E-state index in [1.165, 1.54) is 6.42 Å². The van der Waals surface area contributed by atoms with Crippen LogP contribution in [-0.2, 0) is 0 Å². The van der Waals surface area contributed by atoms with Crippen LogP contribution in [0.5, 0.6) is 0 Å². The molecule has 1 saturated carbocycles. The van der Waals surface area contributed by atoms with Crippen molar-refractivity contribution in [3.63, 3.8) is 0 Å². The molecule has 2 rings (SSSR count). The van der Waals surface area contributed by atoms with Crippen LogP contribution >= 0.6 is 11.8 Å². The van der Waals surface area contributed by atoms with E-state index >= 15 is 0 Å². The van der Waals surface area contributed by atoms with E-state index in [1.54, 1.807) is 23.9 Å². The largest absolute Gasteiger partial charge is 0.327 e. The van der Waals surface area contributed by atoms with Crippen molar-refractivity contribution >= 4 is 17.4 Å². The summed E-state index contributed by atoms with van der Waals surface area (Å²) in [6.45, 7) is 4.55. The van der Waals surface area contributed by atoms with Crippen LogP contribution in [0.15, 0.2) is 29.2 Å². The van der Waals surface area contributed by atoms with E-state index < -0.39 is 0 Å². The predicted octanol–water partition coefficient (Wildman–Crippen LogP) is 3.84. The lowest BCUT2D eigenvalue weighted by Gasteiger charge is -2.35. The molecular weight excluding hydrogens is 272 g/mol. The van der Waals surface area contributed by atoms with Crippen molar-refractivity contribution in [2.45, 2.75) is 49.3 Å². The normalized spacial score (nSPS) is 26.7. The number of rotatable bonds is 4. The summed E-state index contributed by atoms with van der Waals surface area (Å²) in [5.41, 5.74) is 6.38. The van der Waals surface area contributed by atoms with Gasteiger partial charge in [0.1, 0.15) is 0 Å². The second kappa shape index (κ2) is 6.59. The first kappa shape index (κ1) is 15.3. The van der Waals surface area contributed by atoms with Crippen LogP contribution < -0.4 is 5.73 Å². The summed E-state index contributed by atoms with van der Waals surface area (Å²) in [5, 5.41) is 11.1. The number of thioether (sulfide) groups is 1. The van der Waals surface area contributed by atoms with Crippen molar-refractivity contribution in [1.82, 2.24) is 0 Å². The fourth-order valence-corrected chi connectivity index (χ4v) is 4.04. The molecule has 0 saturated heterocycles. The van der Waals surface area contributed by atoms with E-state index in [9.17, 15) is 10.1 Å². The average molecular weight is 294 g/mol. The maximum atomic E-state index is 10.7. The zero-order valence-electron chi connectivity index (χ0n) is 12.0. The first-order valence-electron chi connectivity index (χ1n) is 7.14. The minimum Gasteiger partial charge on any atom is -0.327 e. The van der Waals surface area contributed by atoms with E-state index in [2.05, 4.69) is 13.8 Å². The Hall–Kier alpha value is -1.07. The van der Waals surface area contributed by atoms with Gasteiger partial charge < -0.3 is 5.73 Å². The number of nitrogens with two attached hydrogens (primary N) is 1. The van der Waals surface area contributed by atoms with Gasteiger partial charge in [0.25, 0.3) is 5.69 Å². The van der Waals surface area contributed by atoms with E-state index in [1.807, 2.05) is 12.1 Å². The third kappa shape index (κ3) is 3.73. The fourth-order valence-electron chi connectivity index (χ4n) is 2.75. The summed E-state index contributed by atoms with van der Waals surface area (Å²) in [5.74, 6) is 1.44. The first-order valence-corrected chi connectivity index (χ1v) is 8.02. The standard InChI is InChI=1S/C15H22N2O2S/c1-10(2)11-3-8-14(16)15(9-11)20-13-6-4-12(5-7-13)17(18)19/h4-7,10-11,14-15H,3,8-9,16H2,1-2H3. The molecule has 110 valence electrons. The lowest BCUT2D eigenvalue weighted by Crippen LogP contribution is -2.39. The first-order chi connectivity index (χ1) is 9.47. The number of nitro benzene ring substituents is 1. The van der Waals surface area contributed by atoms with Crippen molar-refractivity contribution in [3.05, 3.63) is 34.4 Å². The van der Waals surface area contributed by atoms with Crippen LogP contribution in [0.2, 0.25) is 0 Å². The fraction of sp³-hybridized carbons (Fsp3) is 0.600. The van der Waals surface area contributed by atoms with E-state index in [0.29, 0.717) is 11.2 Å². The number of nitrogens with zero attached hydrogens (tertiary/aromatic N) is 1. The highest BCUT2D eigenvalue weighted by molar-refractivity contribution is 8.00. The molecule has 0 spiro atoms. The smallest absolute Gasteiger partial charge is 0.269 e. The zero-order chi connectivity index (χ0) is 14.7. The molecule has 1 aliphatic carbocycles. The van der Waals surface area contributed by atoms with Crippen LogP contribution in [0.1, 0.15) is 33.1 Å². The molecule has 0 radical (unpaired) electrons. The topological polar surface area (TPSA) is 69.2 Å². The van der Waals surface area contributed by atoms with Crippen LogP contribution in [-0.4, -0.2) is 16.2 Å². The van der Waals surface area contributed by atoms with Gasteiger partial charge in [-0.25, -0.2) is 0 Å². The van der Waals surface area contributed by atoms with Crippen LogP contribution in [0.3, 0.4) is 0 Å². The second-order valence-electron chi connectivity index (χ2n) is 5.89. The van der Waals surface area contributed by atoms with Crippen LogP contribution in [0, 0.1) is 22.0 Å². The van der Waals surface area contributed by atoms with E-state index in [0.717, 1.165) is 23.7 Å². The summed E-state index contributed by atoms with van der Waals surface area (Å²) < 4.78 is 0. The summed E-state index contributed by atoms with van der Waals surface area (Å²) in [6.07, 6.45) is 3.43. The number of nitro groups is 1. The third-order valence-corrected chi connectivity index (χ3v) is 5.55. The van der Waals surface area contributed by atoms with Gasteiger partial charge in [-0.05, 0) is 43.2 Å². The monoisotopic (exact) mass is 294 g/mol. The number of benzene rings is 1. The zero-order valence-corrected chi connectivity index (χ0v) is 12.8. The van der Waals surface area contributed by atoms with Gasteiger partial charge in [0.05, 0.1) is 4.92 Å². The lowest BCUT2D eigenvalue weighted by molar-refractivity contribution is -0.384. The Labute approximate surface area is 124 Å². The molecule has 20 heavy (non-hydrogen) atoms. The molecule has 0 bridgehead atoms. The Bertz CT molecular complexity index is 461. The van der Waals surface area contributed by atoms with Crippen molar-refractivity contribution in [1.29, 1.82) is 0 Å².